The Morgan fingerprint density at radius 1 is 1.20 bits per heavy atom. The molecule has 1 aromatic carbocycles. The second kappa shape index (κ2) is 8.19. The molecule has 0 bridgehead atoms. The summed E-state index contributed by atoms with van der Waals surface area (Å²) in [5.41, 5.74) is 1.83. The number of rotatable bonds is 8. The van der Waals surface area contributed by atoms with Gasteiger partial charge < -0.3 is 0 Å². The van der Waals surface area contributed by atoms with Crippen LogP contribution < -0.4 is 4.72 Å². The molecule has 2 heterocycles. The molecule has 30 heavy (non-hydrogen) atoms. The topological polar surface area (TPSA) is 107 Å². The van der Waals surface area contributed by atoms with Crippen molar-refractivity contribution >= 4 is 33.3 Å². The zero-order chi connectivity index (χ0) is 21.3. The Bertz CT molecular complexity index is 1160. The average molecular weight is 444 g/mol. The number of nitrogens with one attached hydrogen (secondary N) is 1. The standard InChI is InChI=1S/C20H21N5O3S2/c1-13(18(26)14-5-7-16(8-6-14)24-30(2,27)28)29-20-23-22-19(25(20)17-9-10-17)15-4-3-11-21-12-15/h3-8,11-13,17,24H,9-10H2,1-2H3/t13-/m1/s1. The predicted molar refractivity (Wildman–Crippen MR) is 116 cm³/mol. The minimum atomic E-state index is -3.36. The molecule has 1 saturated carbocycles. The molecule has 1 fully saturated rings. The highest BCUT2D eigenvalue weighted by Crippen LogP contribution is 2.41. The van der Waals surface area contributed by atoms with Crippen LogP contribution in [0.15, 0.2) is 53.9 Å². The first kappa shape index (κ1) is 20.5. The largest absolute Gasteiger partial charge is 0.299 e. The van der Waals surface area contributed by atoms with Gasteiger partial charge >= 0.3 is 0 Å². The lowest BCUT2D eigenvalue weighted by molar-refractivity contribution is 0.0994. The summed E-state index contributed by atoms with van der Waals surface area (Å²) in [6.45, 7) is 1.84. The monoisotopic (exact) mass is 443 g/mol. The molecule has 3 aromatic rings. The van der Waals surface area contributed by atoms with Gasteiger partial charge in [-0.15, -0.1) is 10.2 Å². The van der Waals surface area contributed by atoms with Crippen LogP contribution in [-0.4, -0.2) is 45.5 Å². The molecular formula is C20H21N5O3S2. The average Bonchev–Trinajstić information content (AvgIpc) is 3.47. The number of hydrogen-bond acceptors (Lipinski definition) is 7. The van der Waals surface area contributed by atoms with Gasteiger partial charge in [-0.3, -0.25) is 19.1 Å². The van der Waals surface area contributed by atoms with Crippen molar-refractivity contribution in [3.8, 4) is 11.4 Å². The molecule has 0 aliphatic heterocycles. The highest BCUT2D eigenvalue weighted by molar-refractivity contribution is 8.00. The lowest BCUT2D eigenvalue weighted by atomic mass is 10.1. The second-order valence-corrected chi connectivity index (χ2v) is 10.3. The summed E-state index contributed by atoms with van der Waals surface area (Å²) in [6, 6.07) is 10.6. The Morgan fingerprint density at radius 2 is 1.93 bits per heavy atom. The summed E-state index contributed by atoms with van der Waals surface area (Å²) in [7, 11) is -3.36. The zero-order valence-electron chi connectivity index (χ0n) is 16.5. The summed E-state index contributed by atoms with van der Waals surface area (Å²) in [5.74, 6) is 0.711. The fourth-order valence-corrected chi connectivity index (χ4v) is 4.63. The van der Waals surface area contributed by atoms with Crippen molar-refractivity contribution in [3.63, 3.8) is 0 Å². The first-order valence-corrected chi connectivity index (χ1v) is 12.2. The molecule has 0 saturated heterocycles. The summed E-state index contributed by atoms with van der Waals surface area (Å²) < 4.78 is 27.1. The van der Waals surface area contributed by atoms with E-state index in [2.05, 4.69) is 24.5 Å². The number of benzene rings is 1. The molecule has 1 atom stereocenters. The van der Waals surface area contributed by atoms with Gasteiger partial charge in [0.15, 0.2) is 16.8 Å². The van der Waals surface area contributed by atoms with Gasteiger partial charge in [0.25, 0.3) is 0 Å². The van der Waals surface area contributed by atoms with Crippen LogP contribution in [0.25, 0.3) is 11.4 Å². The molecule has 1 N–H and O–H groups in total. The van der Waals surface area contributed by atoms with Crippen molar-refractivity contribution < 1.29 is 13.2 Å². The van der Waals surface area contributed by atoms with Crippen LogP contribution in [0, 0.1) is 0 Å². The number of pyridine rings is 1. The highest BCUT2D eigenvalue weighted by atomic mass is 32.2. The van der Waals surface area contributed by atoms with Crippen molar-refractivity contribution in [1.29, 1.82) is 0 Å². The Kier molecular flexibility index (Phi) is 5.61. The first-order chi connectivity index (χ1) is 14.3. The number of anilines is 1. The molecule has 156 valence electrons. The fourth-order valence-electron chi connectivity index (χ4n) is 3.07. The number of Topliss-reactive ketones (excluding diaryl/α,β-unsaturated/α-hetero) is 1. The Hall–Kier alpha value is -2.72. The number of ketones is 1. The van der Waals surface area contributed by atoms with Crippen LogP contribution in [0.4, 0.5) is 5.69 Å². The van der Waals surface area contributed by atoms with Gasteiger partial charge in [-0.2, -0.15) is 0 Å². The van der Waals surface area contributed by atoms with Crippen molar-refractivity contribution in [2.45, 2.75) is 36.2 Å². The number of aromatic nitrogens is 4. The lowest BCUT2D eigenvalue weighted by Gasteiger charge is -2.13. The molecular weight excluding hydrogens is 422 g/mol. The SMILES string of the molecule is C[C@@H](Sc1nnc(-c2cccnc2)n1C1CC1)C(=O)c1ccc(NS(C)(=O)=O)cc1. The minimum absolute atomic E-state index is 0.0563. The molecule has 1 aliphatic rings. The number of hydrogen-bond donors (Lipinski definition) is 1. The van der Waals surface area contributed by atoms with Crippen LogP contribution in [0.5, 0.6) is 0 Å². The zero-order valence-corrected chi connectivity index (χ0v) is 18.2. The number of sulfonamides is 1. The summed E-state index contributed by atoms with van der Waals surface area (Å²) in [6.07, 6.45) is 6.69. The molecule has 0 spiro atoms. The smallest absolute Gasteiger partial charge is 0.229 e. The van der Waals surface area contributed by atoms with Crippen molar-refractivity contribution in [2.24, 2.45) is 0 Å². The predicted octanol–water partition coefficient (Wildman–Crippen LogP) is 3.41. The van der Waals surface area contributed by atoms with Crippen molar-refractivity contribution in [1.82, 2.24) is 19.7 Å². The van der Waals surface area contributed by atoms with Crippen LogP contribution in [0.1, 0.15) is 36.2 Å². The summed E-state index contributed by atoms with van der Waals surface area (Å²) in [4.78, 5) is 17.1. The number of carbonyl (C=O) groups is 1. The van der Waals surface area contributed by atoms with Gasteiger partial charge in [-0.25, -0.2) is 8.42 Å². The first-order valence-electron chi connectivity index (χ1n) is 9.46. The van der Waals surface area contributed by atoms with Crippen molar-refractivity contribution in [2.75, 3.05) is 11.0 Å². The van der Waals surface area contributed by atoms with E-state index in [1.165, 1.54) is 11.8 Å². The third-order valence-electron chi connectivity index (χ3n) is 4.62. The lowest BCUT2D eigenvalue weighted by Crippen LogP contribution is -2.15. The third-order valence-corrected chi connectivity index (χ3v) is 6.28. The van der Waals surface area contributed by atoms with Crippen LogP contribution in [0.3, 0.4) is 0 Å². The Labute approximate surface area is 179 Å². The van der Waals surface area contributed by atoms with E-state index in [-0.39, 0.29) is 11.0 Å². The van der Waals surface area contributed by atoms with Gasteiger partial charge in [0.05, 0.1) is 11.5 Å². The van der Waals surface area contributed by atoms with Crippen molar-refractivity contribution in [3.05, 3.63) is 54.4 Å². The molecule has 10 heteroatoms. The van der Waals surface area contributed by atoms with Gasteiger partial charge in [0.2, 0.25) is 10.0 Å². The van der Waals surface area contributed by atoms with Crippen LogP contribution >= 0.6 is 11.8 Å². The Morgan fingerprint density at radius 3 is 2.53 bits per heavy atom. The molecule has 8 nitrogen and oxygen atoms in total. The van der Waals surface area contributed by atoms with E-state index < -0.39 is 10.0 Å². The van der Waals surface area contributed by atoms with E-state index in [9.17, 15) is 13.2 Å². The highest BCUT2D eigenvalue weighted by Gasteiger charge is 2.31. The molecule has 0 radical (unpaired) electrons. The molecule has 1 aliphatic carbocycles. The number of thioether (sulfide) groups is 1. The third kappa shape index (κ3) is 4.71. The maximum Gasteiger partial charge on any atom is 0.229 e. The molecule has 0 amide bonds. The Balaban J connectivity index is 1.52. The van der Waals surface area contributed by atoms with Gasteiger partial charge in [-0.1, -0.05) is 11.8 Å². The van der Waals surface area contributed by atoms with Crippen LogP contribution in [0.2, 0.25) is 0 Å². The summed E-state index contributed by atoms with van der Waals surface area (Å²) in [5, 5.41) is 9.04. The van der Waals surface area contributed by atoms with E-state index in [0.717, 1.165) is 30.5 Å². The van der Waals surface area contributed by atoms with Crippen LogP contribution in [-0.2, 0) is 10.0 Å². The maximum absolute atomic E-state index is 12.9. The quantitative estimate of drug-likeness (QED) is 0.420. The van der Waals surface area contributed by atoms with E-state index in [1.807, 2.05) is 19.1 Å². The number of carbonyl (C=O) groups excluding carboxylic acids is 1. The number of nitrogens with zero attached hydrogens (tertiary/aromatic N) is 4. The fraction of sp³-hybridized carbons (Fsp3) is 0.300. The van der Waals surface area contributed by atoms with Gasteiger partial charge in [0, 0.05) is 35.2 Å². The molecule has 0 unspecified atom stereocenters. The second-order valence-electron chi connectivity index (χ2n) is 7.22. The molecule has 2 aromatic heterocycles. The normalized spacial score (nSPS) is 15.0. The van der Waals surface area contributed by atoms with Gasteiger partial charge in [-0.05, 0) is 56.2 Å². The minimum Gasteiger partial charge on any atom is -0.299 e. The van der Waals surface area contributed by atoms with Gasteiger partial charge in [0.1, 0.15) is 0 Å². The van der Waals surface area contributed by atoms with E-state index in [4.69, 9.17) is 0 Å². The van der Waals surface area contributed by atoms with E-state index in [0.29, 0.717) is 22.4 Å². The molecule has 4 rings (SSSR count). The van der Waals surface area contributed by atoms with E-state index in [1.54, 1.807) is 36.7 Å². The van der Waals surface area contributed by atoms with E-state index >= 15 is 0 Å². The summed E-state index contributed by atoms with van der Waals surface area (Å²) >= 11 is 1.38. The maximum atomic E-state index is 12.9.